The minimum atomic E-state index is 1.19. The van der Waals surface area contributed by atoms with Gasteiger partial charge in [-0.05, 0) is 24.3 Å². The summed E-state index contributed by atoms with van der Waals surface area (Å²) < 4.78 is 0. The van der Waals surface area contributed by atoms with E-state index in [2.05, 4.69) is 18.0 Å². The van der Waals surface area contributed by atoms with E-state index in [9.17, 15) is 0 Å². The maximum atomic E-state index is 4.02. The van der Waals surface area contributed by atoms with Crippen LogP contribution in [0.1, 0.15) is 13.3 Å². The third kappa shape index (κ3) is 2.40. The molecular weight excluding hydrogens is 142 g/mol. The highest BCUT2D eigenvalue weighted by Gasteiger charge is 1.88. The van der Waals surface area contributed by atoms with E-state index in [1.807, 2.05) is 24.0 Å². The van der Waals surface area contributed by atoms with Crippen LogP contribution in [-0.4, -0.2) is 10.7 Å². The first-order valence-electron chi connectivity index (χ1n) is 3.46. The summed E-state index contributed by atoms with van der Waals surface area (Å²) in [4.78, 5) is 5.28. The fraction of sp³-hybridized carbons (Fsp3) is 0.375. The fourth-order valence-electron chi connectivity index (χ4n) is 0.652. The summed E-state index contributed by atoms with van der Waals surface area (Å²) in [5, 5.41) is 0. The molecule has 10 heavy (non-hydrogen) atoms. The summed E-state index contributed by atoms with van der Waals surface area (Å²) in [5.41, 5.74) is 0. The van der Waals surface area contributed by atoms with Gasteiger partial charge in [0.2, 0.25) is 0 Å². The molecule has 1 heterocycles. The lowest BCUT2D eigenvalue weighted by Gasteiger charge is -1.95. The van der Waals surface area contributed by atoms with Crippen molar-refractivity contribution in [2.24, 2.45) is 0 Å². The Hall–Kier alpha value is -0.500. The largest absolute Gasteiger partial charge is 0.264 e. The highest BCUT2D eigenvalue weighted by molar-refractivity contribution is 7.99. The van der Waals surface area contributed by atoms with Gasteiger partial charge in [0.25, 0.3) is 0 Å². The zero-order valence-corrected chi connectivity index (χ0v) is 6.90. The number of nitrogens with zero attached hydrogens (tertiary/aromatic N) is 1. The molecule has 1 nitrogen and oxygen atoms in total. The first-order chi connectivity index (χ1) is 4.93. The van der Waals surface area contributed by atoms with Gasteiger partial charge in [0.15, 0.2) is 0 Å². The summed E-state index contributed by atoms with van der Waals surface area (Å²) in [5.74, 6) is 1.19. The van der Waals surface area contributed by atoms with E-state index in [0.29, 0.717) is 0 Å². The molecule has 0 N–H and O–H groups in total. The predicted molar refractivity (Wildman–Crippen MR) is 45.3 cm³/mol. The quantitative estimate of drug-likeness (QED) is 0.619. The lowest BCUT2D eigenvalue weighted by atomic mass is 10.5. The molecule has 1 aromatic heterocycles. The van der Waals surface area contributed by atoms with Crippen molar-refractivity contribution in [3.63, 3.8) is 0 Å². The van der Waals surface area contributed by atoms with Crippen molar-refractivity contribution in [2.75, 3.05) is 5.75 Å². The van der Waals surface area contributed by atoms with Crippen LogP contribution in [0.3, 0.4) is 0 Å². The van der Waals surface area contributed by atoms with Crippen LogP contribution >= 0.6 is 11.8 Å². The molecule has 54 valence electrons. The molecule has 0 aromatic carbocycles. The van der Waals surface area contributed by atoms with Gasteiger partial charge >= 0.3 is 0 Å². The number of pyridine rings is 1. The Morgan fingerprint density at radius 3 is 3.10 bits per heavy atom. The maximum Gasteiger partial charge on any atom is 0.0403 e. The molecule has 0 aliphatic heterocycles. The second-order valence-corrected chi connectivity index (χ2v) is 3.21. The van der Waals surface area contributed by atoms with Crippen molar-refractivity contribution in [2.45, 2.75) is 18.2 Å². The molecule has 2 heteroatoms. The molecule has 0 saturated carbocycles. The molecule has 0 atom stereocenters. The van der Waals surface area contributed by atoms with Crippen molar-refractivity contribution in [1.82, 2.24) is 4.98 Å². The summed E-state index contributed by atoms with van der Waals surface area (Å²) in [6.07, 6.45) is 4.93. The van der Waals surface area contributed by atoms with Crippen LogP contribution in [0.4, 0.5) is 0 Å². The molecule has 0 aliphatic rings. The van der Waals surface area contributed by atoms with Gasteiger partial charge in [-0.3, -0.25) is 4.98 Å². The Labute approximate surface area is 65.9 Å². The third-order valence-corrected chi connectivity index (χ3v) is 2.29. The molecule has 0 amide bonds. The average molecular weight is 153 g/mol. The highest BCUT2D eigenvalue weighted by atomic mass is 32.2. The number of aromatic nitrogens is 1. The standard InChI is InChI=1S/C8H11NS/c1-2-6-10-8-4-3-5-9-7-8/h3-5,7H,2,6H2,1H3. The van der Waals surface area contributed by atoms with Gasteiger partial charge in [-0.2, -0.15) is 0 Å². The predicted octanol–water partition coefficient (Wildman–Crippen LogP) is 2.58. The maximum absolute atomic E-state index is 4.02. The third-order valence-electron chi connectivity index (χ3n) is 1.11. The van der Waals surface area contributed by atoms with Crippen molar-refractivity contribution in [1.29, 1.82) is 0 Å². The van der Waals surface area contributed by atoms with Crippen molar-refractivity contribution < 1.29 is 0 Å². The Bertz CT molecular complexity index is 174. The summed E-state index contributed by atoms with van der Waals surface area (Å²) in [6.45, 7) is 2.18. The van der Waals surface area contributed by atoms with Crippen LogP contribution in [0.5, 0.6) is 0 Å². The van der Waals surface area contributed by atoms with Crippen LogP contribution in [0.2, 0.25) is 0 Å². The minimum Gasteiger partial charge on any atom is -0.264 e. The van der Waals surface area contributed by atoms with E-state index >= 15 is 0 Å². The van der Waals surface area contributed by atoms with Crippen LogP contribution in [0.25, 0.3) is 0 Å². The van der Waals surface area contributed by atoms with Crippen molar-refractivity contribution in [3.8, 4) is 0 Å². The normalized spacial score (nSPS) is 9.70. The molecule has 0 fully saturated rings. The van der Waals surface area contributed by atoms with Gasteiger partial charge in [-0.1, -0.05) is 6.92 Å². The molecule has 0 unspecified atom stereocenters. The number of hydrogen-bond acceptors (Lipinski definition) is 2. The van der Waals surface area contributed by atoms with E-state index in [4.69, 9.17) is 0 Å². The van der Waals surface area contributed by atoms with Gasteiger partial charge in [0.05, 0.1) is 0 Å². The average Bonchev–Trinajstić information content (AvgIpc) is 2.03. The Morgan fingerprint density at radius 1 is 1.60 bits per heavy atom. The molecule has 1 aromatic rings. The number of thioether (sulfide) groups is 1. The first kappa shape index (κ1) is 7.61. The summed E-state index contributed by atoms with van der Waals surface area (Å²) >= 11 is 1.86. The van der Waals surface area contributed by atoms with Gasteiger partial charge in [-0.15, -0.1) is 11.8 Å². The number of rotatable bonds is 3. The van der Waals surface area contributed by atoms with Crippen LogP contribution < -0.4 is 0 Å². The zero-order chi connectivity index (χ0) is 7.23. The van der Waals surface area contributed by atoms with Gasteiger partial charge in [0.1, 0.15) is 0 Å². The fourth-order valence-corrected chi connectivity index (χ4v) is 1.40. The van der Waals surface area contributed by atoms with Crippen LogP contribution in [-0.2, 0) is 0 Å². The number of hydrogen-bond donors (Lipinski definition) is 0. The Balaban J connectivity index is 2.43. The molecule has 0 aliphatic carbocycles. The molecule has 0 saturated heterocycles. The van der Waals surface area contributed by atoms with Crippen molar-refractivity contribution >= 4 is 11.8 Å². The molecule has 0 bridgehead atoms. The first-order valence-corrected chi connectivity index (χ1v) is 4.45. The van der Waals surface area contributed by atoms with E-state index < -0.39 is 0 Å². The summed E-state index contributed by atoms with van der Waals surface area (Å²) in [7, 11) is 0. The topological polar surface area (TPSA) is 12.9 Å². The SMILES string of the molecule is CCCSc1cccnc1. The molecule has 0 spiro atoms. The Morgan fingerprint density at radius 2 is 2.50 bits per heavy atom. The van der Waals surface area contributed by atoms with Gasteiger partial charge < -0.3 is 0 Å². The minimum absolute atomic E-state index is 1.19. The Kier molecular flexibility index (Phi) is 3.30. The van der Waals surface area contributed by atoms with E-state index in [1.54, 1.807) is 6.20 Å². The van der Waals surface area contributed by atoms with Gasteiger partial charge in [0, 0.05) is 17.3 Å². The van der Waals surface area contributed by atoms with Crippen molar-refractivity contribution in [3.05, 3.63) is 24.5 Å². The van der Waals surface area contributed by atoms with E-state index in [0.717, 1.165) is 0 Å². The zero-order valence-electron chi connectivity index (χ0n) is 6.08. The lowest BCUT2D eigenvalue weighted by molar-refractivity contribution is 1.10. The van der Waals surface area contributed by atoms with E-state index in [1.165, 1.54) is 17.1 Å². The van der Waals surface area contributed by atoms with E-state index in [-0.39, 0.29) is 0 Å². The monoisotopic (exact) mass is 153 g/mol. The second-order valence-electron chi connectivity index (χ2n) is 2.04. The lowest BCUT2D eigenvalue weighted by Crippen LogP contribution is -1.76. The molecule has 0 radical (unpaired) electrons. The second kappa shape index (κ2) is 4.34. The highest BCUT2D eigenvalue weighted by Crippen LogP contribution is 2.15. The van der Waals surface area contributed by atoms with Crippen LogP contribution in [0.15, 0.2) is 29.4 Å². The smallest absolute Gasteiger partial charge is 0.0403 e. The molecule has 1 rings (SSSR count). The summed E-state index contributed by atoms with van der Waals surface area (Å²) in [6, 6.07) is 4.06. The molecular formula is C8H11NS. The van der Waals surface area contributed by atoms with Crippen LogP contribution in [0, 0.1) is 0 Å². The van der Waals surface area contributed by atoms with Gasteiger partial charge in [-0.25, -0.2) is 0 Å².